The summed E-state index contributed by atoms with van der Waals surface area (Å²) in [6.07, 6.45) is 1.59. The molecule has 0 unspecified atom stereocenters. The highest BCUT2D eigenvalue weighted by atomic mass is 16.4. The van der Waals surface area contributed by atoms with Crippen molar-refractivity contribution in [2.45, 2.75) is 0 Å². The highest BCUT2D eigenvalue weighted by molar-refractivity contribution is 6.09. The third-order valence-corrected chi connectivity index (χ3v) is 3.09. The van der Waals surface area contributed by atoms with E-state index in [9.17, 15) is 9.90 Å². The molecule has 0 radical (unpaired) electrons. The van der Waals surface area contributed by atoms with Gasteiger partial charge in [0.05, 0.1) is 5.56 Å². The first-order chi connectivity index (χ1) is 9.18. The Bertz CT molecular complexity index is 772. The summed E-state index contributed by atoms with van der Waals surface area (Å²) in [6, 6.07) is 10.9. The van der Waals surface area contributed by atoms with Crippen molar-refractivity contribution in [3.8, 4) is 11.4 Å². The van der Waals surface area contributed by atoms with Gasteiger partial charge in [-0.05, 0) is 11.5 Å². The second-order valence-corrected chi connectivity index (χ2v) is 4.28. The van der Waals surface area contributed by atoms with Crippen LogP contribution in [0.15, 0.2) is 42.7 Å². The van der Waals surface area contributed by atoms with E-state index in [1.165, 1.54) is 0 Å². The minimum absolute atomic E-state index is 0.274. The molecule has 0 bridgehead atoms. The van der Waals surface area contributed by atoms with Crippen LogP contribution in [0, 0.1) is 0 Å². The molecule has 2 aromatic carbocycles. The number of aromatic nitrogens is 3. The Hall–Kier alpha value is -2.69. The van der Waals surface area contributed by atoms with Gasteiger partial charge in [0.2, 0.25) is 0 Å². The highest BCUT2D eigenvalue weighted by Crippen LogP contribution is 2.29. The van der Waals surface area contributed by atoms with Gasteiger partial charge in [0.15, 0.2) is 5.82 Å². The molecule has 0 aliphatic rings. The molecular formula is C14H11N3O2. The van der Waals surface area contributed by atoms with Gasteiger partial charge in [0.1, 0.15) is 6.33 Å². The fraction of sp³-hybridized carbons (Fsp3) is 0.0714. The van der Waals surface area contributed by atoms with Gasteiger partial charge in [-0.1, -0.05) is 30.3 Å². The first kappa shape index (κ1) is 11.4. The number of benzene rings is 2. The Morgan fingerprint density at radius 3 is 2.58 bits per heavy atom. The zero-order chi connectivity index (χ0) is 13.4. The number of hydrogen-bond donors (Lipinski definition) is 1. The number of carbonyl (C=O) groups is 1. The van der Waals surface area contributed by atoms with Gasteiger partial charge in [-0.25, -0.2) is 4.79 Å². The van der Waals surface area contributed by atoms with Gasteiger partial charge in [-0.3, -0.25) is 0 Å². The lowest BCUT2D eigenvalue weighted by atomic mass is 9.99. The maximum Gasteiger partial charge on any atom is 0.336 e. The van der Waals surface area contributed by atoms with Gasteiger partial charge >= 0.3 is 5.97 Å². The van der Waals surface area contributed by atoms with Crippen molar-refractivity contribution in [1.82, 2.24) is 14.8 Å². The predicted molar refractivity (Wildman–Crippen MR) is 70.9 cm³/mol. The minimum Gasteiger partial charge on any atom is -0.478 e. The first-order valence-corrected chi connectivity index (χ1v) is 5.78. The van der Waals surface area contributed by atoms with Crippen LogP contribution in [0.3, 0.4) is 0 Å². The van der Waals surface area contributed by atoms with Crippen LogP contribution in [0.2, 0.25) is 0 Å². The second kappa shape index (κ2) is 4.20. The van der Waals surface area contributed by atoms with E-state index in [1.54, 1.807) is 23.0 Å². The molecule has 3 rings (SSSR count). The van der Waals surface area contributed by atoms with Crippen LogP contribution < -0.4 is 0 Å². The Kier molecular flexibility index (Phi) is 2.52. The van der Waals surface area contributed by atoms with E-state index in [2.05, 4.69) is 10.2 Å². The van der Waals surface area contributed by atoms with Crippen molar-refractivity contribution >= 4 is 16.7 Å². The van der Waals surface area contributed by atoms with E-state index in [-0.39, 0.29) is 5.56 Å². The average molecular weight is 253 g/mol. The maximum absolute atomic E-state index is 11.4. The molecule has 0 amide bonds. The first-order valence-electron chi connectivity index (χ1n) is 5.78. The van der Waals surface area contributed by atoms with E-state index in [4.69, 9.17) is 0 Å². The average Bonchev–Trinajstić information content (AvgIpc) is 2.83. The molecular weight excluding hydrogens is 242 g/mol. The molecule has 0 fully saturated rings. The van der Waals surface area contributed by atoms with Crippen molar-refractivity contribution in [3.63, 3.8) is 0 Å². The largest absolute Gasteiger partial charge is 0.478 e. The van der Waals surface area contributed by atoms with Crippen LogP contribution in [0.1, 0.15) is 10.4 Å². The summed E-state index contributed by atoms with van der Waals surface area (Å²) < 4.78 is 1.77. The fourth-order valence-corrected chi connectivity index (χ4v) is 2.23. The molecule has 3 aromatic rings. The number of rotatable bonds is 2. The van der Waals surface area contributed by atoms with Crippen LogP contribution in [0.25, 0.3) is 22.2 Å². The van der Waals surface area contributed by atoms with Crippen LogP contribution in [-0.4, -0.2) is 25.8 Å². The van der Waals surface area contributed by atoms with Gasteiger partial charge in [0.25, 0.3) is 0 Å². The predicted octanol–water partition coefficient (Wildman–Crippen LogP) is 2.33. The zero-order valence-electron chi connectivity index (χ0n) is 10.2. The van der Waals surface area contributed by atoms with Gasteiger partial charge < -0.3 is 9.67 Å². The monoisotopic (exact) mass is 253 g/mol. The topological polar surface area (TPSA) is 68.0 Å². The SMILES string of the molecule is Cn1cnnc1-c1cccc2cccc(C(=O)O)c12. The Morgan fingerprint density at radius 2 is 1.95 bits per heavy atom. The van der Waals surface area contributed by atoms with Crippen molar-refractivity contribution in [2.24, 2.45) is 7.05 Å². The van der Waals surface area contributed by atoms with Gasteiger partial charge in [0, 0.05) is 18.0 Å². The lowest BCUT2D eigenvalue weighted by molar-refractivity contribution is 0.0699. The van der Waals surface area contributed by atoms with Crippen molar-refractivity contribution in [2.75, 3.05) is 0 Å². The van der Waals surface area contributed by atoms with E-state index < -0.39 is 5.97 Å². The normalized spacial score (nSPS) is 10.8. The molecule has 5 nitrogen and oxygen atoms in total. The standard InChI is InChI=1S/C14H11N3O2/c1-17-8-15-16-13(17)10-6-2-4-9-5-3-7-11(12(9)10)14(18)19/h2-8H,1H3,(H,18,19). The molecule has 1 aromatic heterocycles. The lowest BCUT2D eigenvalue weighted by Crippen LogP contribution is -2.00. The number of fused-ring (bicyclic) bond motifs is 1. The number of hydrogen-bond acceptors (Lipinski definition) is 3. The molecule has 0 saturated carbocycles. The molecule has 0 spiro atoms. The molecule has 0 saturated heterocycles. The smallest absolute Gasteiger partial charge is 0.336 e. The second-order valence-electron chi connectivity index (χ2n) is 4.28. The molecule has 5 heteroatoms. The molecule has 0 aliphatic heterocycles. The summed E-state index contributed by atoms with van der Waals surface area (Å²) in [5.41, 5.74) is 1.05. The Morgan fingerprint density at radius 1 is 1.21 bits per heavy atom. The van der Waals surface area contributed by atoms with Crippen LogP contribution in [-0.2, 0) is 7.05 Å². The molecule has 1 heterocycles. The Balaban J connectivity index is 2.43. The van der Waals surface area contributed by atoms with Crippen LogP contribution in [0.4, 0.5) is 0 Å². The van der Waals surface area contributed by atoms with Gasteiger partial charge in [-0.2, -0.15) is 0 Å². The summed E-state index contributed by atoms with van der Waals surface area (Å²) >= 11 is 0. The number of carboxylic acid groups (broad SMARTS) is 1. The van der Waals surface area contributed by atoms with Crippen molar-refractivity contribution in [1.29, 1.82) is 0 Å². The lowest BCUT2D eigenvalue weighted by Gasteiger charge is -2.08. The number of carboxylic acids is 1. The molecule has 0 aliphatic carbocycles. The molecule has 0 atom stereocenters. The molecule has 19 heavy (non-hydrogen) atoms. The maximum atomic E-state index is 11.4. The minimum atomic E-state index is -0.944. The van der Waals surface area contributed by atoms with E-state index in [1.807, 2.05) is 31.3 Å². The fourth-order valence-electron chi connectivity index (χ4n) is 2.23. The van der Waals surface area contributed by atoms with Crippen LogP contribution >= 0.6 is 0 Å². The van der Waals surface area contributed by atoms with E-state index in [0.29, 0.717) is 11.2 Å². The summed E-state index contributed by atoms with van der Waals surface area (Å²) in [7, 11) is 1.83. The summed E-state index contributed by atoms with van der Waals surface area (Å²) in [5.74, 6) is -0.292. The number of nitrogens with zero attached hydrogens (tertiary/aromatic N) is 3. The summed E-state index contributed by atoms with van der Waals surface area (Å²) in [5, 5.41) is 18.8. The van der Waals surface area contributed by atoms with Crippen molar-refractivity contribution < 1.29 is 9.90 Å². The Labute approximate surface area is 109 Å². The number of aromatic carboxylic acids is 1. The highest BCUT2D eigenvalue weighted by Gasteiger charge is 2.15. The quantitative estimate of drug-likeness (QED) is 0.761. The van der Waals surface area contributed by atoms with Crippen LogP contribution in [0.5, 0.6) is 0 Å². The molecule has 1 N–H and O–H groups in total. The van der Waals surface area contributed by atoms with E-state index >= 15 is 0 Å². The summed E-state index contributed by atoms with van der Waals surface area (Å²) in [6.45, 7) is 0. The third kappa shape index (κ3) is 1.76. The van der Waals surface area contributed by atoms with Crippen molar-refractivity contribution in [3.05, 3.63) is 48.3 Å². The van der Waals surface area contributed by atoms with E-state index in [0.717, 1.165) is 10.9 Å². The molecule has 94 valence electrons. The summed E-state index contributed by atoms with van der Waals surface area (Å²) in [4.78, 5) is 11.4. The zero-order valence-corrected chi connectivity index (χ0v) is 10.2. The number of aryl methyl sites for hydroxylation is 1. The third-order valence-electron chi connectivity index (χ3n) is 3.09. The van der Waals surface area contributed by atoms with Gasteiger partial charge in [-0.15, -0.1) is 10.2 Å².